The Kier molecular flexibility index (Phi) is 4.56. The Morgan fingerprint density at radius 3 is 2.77 bits per heavy atom. The van der Waals surface area contributed by atoms with Crippen LogP contribution in [-0.2, 0) is 16.0 Å². The van der Waals surface area contributed by atoms with Gasteiger partial charge in [-0.3, -0.25) is 0 Å². The van der Waals surface area contributed by atoms with Crippen molar-refractivity contribution in [1.82, 2.24) is 10.0 Å². The molecule has 0 saturated carbocycles. The number of hydroxylamine groups is 2. The first kappa shape index (κ1) is 15.6. The van der Waals surface area contributed by atoms with Crippen LogP contribution in [0.4, 0.5) is 0 Å². The second-order valence-corrected chi connectivity index (χ2v) is 6.69. The molecule has 1 aromatic heterocycles. The minimum atomic E-state index is -0.631. The minimum absolute atomic E-state index is 0.255. The fourth-order valence-electron chi connectivity index (χ4n) is 2.60. The SMILES string of the molecule is CC1(C)OC[C@@H]([C@@H](c2nccs2)N(O)Cc2ccccc2)O1. The van der Waals surface area contributed by atoms with Crippen molar-refractivity contribution in [3.8, 4) is 0 Å². The molecule has 22 heavy (non-hydrogen) atoms. The zero-order valence-corrected chi connectivity index (χ0v) is 13.5. The Balaban J connectivity index is 1.80. The molecule has 0 bridgehead atoms. The van der Waals surface area contributed by atoms with E-state index in [1.165, 1.54) is 16.4 Å². The van der Waals surface area contributed by atoms with Crippen LogP contribution >= 0.6 is 11.3 Å². The third-order valence-corrected chi connectivity index (χ3v) is 4.44. The van der Waals surface area contributed by atoms with E-state index < -0.39 is 5.79 Å². The van der Waals surface area contributed by atoms with E-state index in [-0.39, 0.29) is 12.1 Å². The highest BCUT2D eigenvalue weighted by Crippen LogP contribution is 2.35. The molecule has 2 heterocycles. The van der Waals surface area contributed by atoms with Gasteiger partial charge in [-0.15, -0.1) is 11.3 Å². The zero-order chi connectivity index (χ0) is 15.6. The van der Waals surface area contributed by atoms with E-state index in [4.69, 9.17) is 9.47 Å². The lowest BCUT2D eigenvalue weighted by Gasteiger charge is -2.29. The predicted octanol–water partition coefficient (Wildman–Crippen LogP) is 3.23. The van der Waals surface area contributed by atoms with Gasteiger partial charge in [-0.2, -0.15) is 5.06 Å². The van der Waals surface area contributed by atoms with Crippen molar-refractivity contribution in [3.63, 3.8) is 0 Å². The second-order valence-electron chi connectivity index (χ2n) is 5.77. The van der Waals surface area contributed by atoms with E-state index in [9.17, 15) is 5.21 Å². The van der Waals surface area contributed by atoms with Crippen LogP contribution in [0.3, 0.4) is 0 Å². The van der Waals surface area contributed by atoms with Crippen LogP contribution in [0.2, 0.25) is 0 Å². The van der Waals surface area contributed by atoms with Crippen molar-refractivity contribution in [3.05, 3.63) is 52.5 Å². The molecule has 1 aromatic carbocycles. The van der Waals surface area contributed by atoms with E-state index in [0.717, 1.165) is 10.6 Å². The number of aromatic nitrogens is 1. The highest BCUT2D eigenvalue weighted by atomic mass is 32.1. The monoisotopic (exact) mass is 320 g/mol. The third-order valence-electron chi connectivity index (χ3n) is 3.60. The van der Waals surface area contributed by atoms with Gasteiger partial charge in [-0.1, -0.05) is 30.3 Å². The van der Waals surface area contributed by atoms with Crippen LogP contribution in [-0.4, -0.2) is 33.8 Å². The Morgan fingerprint density at radius 2 is 2.18 bits per heavy atom. The van der Waals surface area contributed by atoms with Gasteiger partial charge in [0.2, 0.25) is 0 Å². The molecule has 2 aromatic rings. The molecule has 118 valence electrons. The van der Waals surface area contributed by atoms with E-state index in [1.54, 1.807) is 6.20 Å². The summed E-state index contributed by atoms with van der Waals surface area (Å²) in [6.07, 6.45) is 1.49. The minimum Gasteiger partial charge on any atom is -0.348 e. The van der Waals surface area contributed by atoms with Crippen LogP contribution in [0.1, 0.15) is 30.5 Å². The molecule has 3 rings (SSSR count). The molecule has 1 saturated heterocycles. The summed E-state index contributed by atoms with van der Waals surface area (Å²) in [5.41, 5.74) is 1.03. The van der Waals surface area contributed by atoms with Crippen molar-refractivity contribution in [2.45, 2.75) is 38.3 Å². The maximum atomic E-state index is 10.6. The smallest absolute Gasteiger partial charge is 0.163 e. The molecule has 0 amide bonds. The highest BCUT2D eigenvalue weighted by Gasteiger charge is 2.41. The van der Waals surface area contributed by atoms with E-state index >= 15 is 0 Å². The van der Waals surface area contributed by atoms with Crippen molar-refractivity contribution in [2.24, 2.45) is 0 Å². The molecule has 1 aliphatic heterocycles. The first-order valence-corrected chi connectivity index (χ1v) is 8.14. The lowest BCUT2D eigenvalue weighted by atomic mass is 10.1. The molecule has 0 spiro atoms. The highest BCUT2D eigenvalue weighted by molar-refractivity contribution is 7.09. The van der Waals surface area contributed by atoms with Gasteiger partial charge in [0, 0.05) is 18.1 Å². The molecule has 2 atom stereocenters. The average molecular weight is 320 g/mol. The van der Waals surface area contributed by atoms with Crippen LogP contribution in [0.25, 0.3) is 0 Å². The maximum Gasteiger partial charge on any atom is 0.163 e. The summed E-state index contributed by atoms with van der Waals surface area (Å²) in [5, 5.41) is 14.7. The summed E-state index contributed by atoms with van der Waals surface area (Å²) in [7, 11) is 0. The van der Waals surface area contributed by atoms with Gasteiger partial charge in [-0.25, -0.2) is 4.98 Å². The molecular formula is C16H20N2O3S. The Bertz CT molecular complexity index is 589. The number of hydrogen-bond donors (Lipinski definition) is 1. The lowest BCUT2D eigenvalue weighted by molar-refractivity contribution is -0.191. The summed E-state index contributed by atoms with van der Waals surface area (Å²) in [5.74, 6) is -0.631. The summed E-state index contributed by atoms with van der Waals surface area (Å²) in [6.45, 7) is 4.60. The fourth-order valence-corrected chi connectivity index (χ4v) is 3.39. The average Bonchev–Trinajstić information content (AvgIpc) is 3.11. The van der Waals surface area contributed by atoms with E-state index in [0.29, 0.717) is 13.2 Å². The van der Waals surface area contributed by atoms with Crippen LogP contribution in [0.5, 0.6) is 0 Å². The quantitative estimate of drug-likeness (QED) is 0.857. The lowest BCUT2D eigenvalue weighted by Crippen LogP contribution is -2.36. The number of nitrogens with zero attached hydrogens (tertiary/aromatic N) is 2. The fraction of sp³-hybridized carbons (Fsp3) is 0.438. The number of rotatable bonds is 5. The van der Waals surface area contributed by atoms with Crippen molar-refractivity contribution in [2.75, 3.05) is 6.61 Å². The summed E-state index contributed by atoms with van der Waals surface area (Å²) in [4.78, 5) is 4.35. The van der Waals surface area contributed by atoms with Gasteiger partial charge in [0.05, 0.1) is 6.61 Å². The van der Waals surface area contributed by atoms with Crippen molar-refractivity contribution < 1.29 is 14.7 Å². The standard InChI is InChI=1S/C16H20N2O3S/c1-16(2)20-11-13(21-16)14(15-17-8-9-22-15)18(19)10-12-6-4-3-5-7-12/h3-9,13-14,19H,10-11H2,1-2H3/t13-,14-/m0/s1. The summed E-state index contributed by atoms with van der Waals surface area (Å²) < 4.78 is 11.6. The molecule has 5 nitrogen and oxygen atoms in total. The number of ether oxygens (including phenoxy) is 2. The number of benzene rings is 1. The maximum absolute atomic E-state index is 10.6. The zero-order valence-electron chi connectivity index (χ0n) is 12.7. The van der Waals surface area contributed by atoms with Gasteiger partial charge >= 0.3 is 0 Å². The molecule has 1 N–H and O–H groups in total. The van der Waals surface area contributed by atoms with Crippen LogP contribution in [0, 0.1) is 0 Å². The largest absolute Gasteiger partial charge is 0.348 e. The van der Waals surface area contributed by atoms with Crippen LogP contribution < -0.4 is 0 Å². The van der Waals surface area contributed by atoms with Crippen molar-refractivity contribution in [1.29, 1.82) is 0 Å². The van der Waals surface area contributed by atoms with Crippen LogP contribution in [0.15, 0.2) is 41.9 Å². The van der Waals surface area contributed by atoms with Gasteiger partial charge in [-0.05, 0) is 19.4 Å². The van der Waals surface area contributed by atoms with Gasteiger partial charge in [0.25, 0.3) is 0 Å². The molecule has 0 aliphatic carbocycles. The van der Waals surface area contributed by atoms with E-state index in [2.05, 4.69) is 4.98 Å². The Hall–Kier alpha value is -1.31. The summed E-state index contributed by atoms with van der Waals surface area (Å²) in [6, 6.07) is 9.50. The number of hydrogen-bond acceptors (Lipinski definition) is 6. The first-order chi connectivity index (χ1) is 10.6. The first-order valence-electron chi connectivity index (χ1n) is 7.26. The predicted molar refractivity (Wildman–Crippen MR) is 83.5 cm³/mol. The molecule has 0 unspecified atom stereocenters. The van der Waals surface area contributed by atoms with Gasteiger partial charge in [0.1, 0.15) is 17.2 Å². The van der Waals surface area contributed by atoms with Gasteiger partial charge in [0.15, 0.2) is 5.79 Å². The molecular weight excluding hydrogens is 300 g/mol. The molecule has 1 aliphatic rings. The number of thiazole rings is 1. The normalized spacial score (nSPS) is 22.1. The van der Waals surface area contributed by atoms with Gasteiger partial charge < -0.3 is 14.7 Å². The topological polar surface area (TPSA) is 54.8 Å². The molecule has 0 radical (unpaired) electrons. The molecule has 6 heteroatoms. The Morgan fingerprint density at radius 1 is 1.41 bits per heavy atom. The van der Waals surface area contributed by atoms with E-state index in [1.807, 2.05) is 49.6 Å². The molecule has 1 fully saturated rings. The van der Waals surface area contributed by atoms with Crippen molar-refractivity contribution >= 4 is 11.3 Å². The third kappa shape index (κ3) is 3.53. The Labute approximate surface area is 134 Å². The summed E-state index contributed by atoms with van der Waals surface area (Å²) >= 11 is 1.51. The second kappa shape index (κ2) is 6.44.